The topological polar surface area (TPSA) is 107 Å². The van der Waals surface area contributed by atoms with Gasteiger partial charge in [0.2, 0.25) is 5.91 Å². The lowest BCUT2D eigenvalue weighted by atomic mass is 9.70. The molecule has 2 bridgehead atoms. The van der Waals surface area contributed by atoms with Crippen LogP contribution in [0.25, 0.3) is 0 Å². The van der Waals surface area contributed by atoms with Gasteiger partial charge in [-0.2, -0.15) is 0 Å². The molecule has 3 saturated heterocycles. The Bertz CT molecular complexity index is 962. The molecular formula is C24H30N2O6. The number of carboxylic acids is 1. The Morgan fingerprint density at radius 1 is 1.38 bits per heavy atom. The summed E-state index contributed by atoms with van der Waals surface area (Å²) in [5, 5.41) is 19.2. The number of fused-ring (bicyclic) bond motifs is 1. The van der Waals surface area contributed by atoms with Crippen LogP contribution in [0.1, 0.15) is 30.4 Å². The Hall–Kier alpha value is -2.71. The molecule has 3 aliphatic rings. The van der Waals surface area contributed by atoms with Crippen molar-refractivity contribution >= 4 is 23.5 Å². The van der Waals surface area contributed by atoms with Crippen LogP contribution in [-0.4, -0.2) is 70.3 Å². The van der Waals surface area contributed by atoms with Crippen LogP contribution in [0.15, 0.2) is 30.9 Å². The lowest BCUT2D eigenvalue weighted by Gasteiger charge is -2.37. The van der Waals surface area contributed by atoms with Gasteiger partial charge in [-0.1, -0.05) is 18.2 Å². The first-order valence-electron chi connectivity index (χ1n) is 11.1. The molecule has 1 spiro atoms. The SMILES string of the molecule is C=CCN(C(=O)C1N(CCCO)C(=O)[C@@H]2[C@@H](C(=O)O)[C@H]3CCC12O3)c1cc(C)ccc1C. The minimum Gasteiger partial charge on any atom is -0.481 e. The standard InChI is InChI=1S/C24H30N2O6/c1-4-10-25(16-13-14(2)6-7-15(16)3)22(29)20-24-9-8-17(32-24)18(23(30)31)19(24)21(28)26(20)11-5-12-27/h4,6-7,13,17-20,27H,1,5,8-12H2,2-3H3,(H,30,31)/t17-,18+,19+,20?,24?/m1/s1. The van der Waals surface area contributed by atoms with Gasteiger partial charge in [0.15, 0.2) is 0 Å². The van der Waals surface area contributed by atoms with Crippen LogP contribution in [0.5, 0.6) is 0 Å². The van der Waals surface area contributed by atoms with Gasteiger partial charge in [0.1, 0.15) is 11.6 Å². The summed E-state index contributed by atoms with van der Waals surface area (Å²) in [5.74, 6) is -3.59. The zero-order valence-electron chi connectivity index (χ0n) is 18.5. The smallest absolute Gasteiger partial charge is 0.310 e. The number of carbonyl (C=O) groups excluding carboxylic acids is 2. The molecule has 0 aliphatic carbocycles. The number of aryl methyl sites for hydroxylation is 2. The number of hydrogen-bond donors (Lipinski definition) is 2. The highest BCUT2D eigenvalue weighted by Gasteiger charge is 2.74. The summed E-state index contributed by atoms with van der Waals surface area (Å²) in [7, 11) is 0. The van der Waals surface area contributed by atoms with E-state index in [0.717, 1.165) is 16.8 Å². The molecule has 172 valence electrons. The van der Waals surface area contributed by atoms with E-state index in [1.165, 1.54) is 4.90 Å². The van der Waals surface area contributed by atoms with Crippen LogP contribution in [0.3, 0.4) is 0 Å². The number of aliphatic hydroxyl groups is 1. The average Bonchev–Trinajstić information content (AvgIpc) is 3.39. The Labute approximate surface area is 187 Å². The number of carbonyl (C=O) groups is 3. The summed E-state index contributed by atoms with van der Waals surface area (Å²) < 4.78 is 6.21. The molecular weight excluding hydrogens is 412 g/mol. The molecule has 5 atom stereocenters. The first kappa shape index (κ1) is 22.5. The quantitative estimate of drug-likeness (QED) is 0.593. The van der Waals surface area contributed by atoms with Crippen LogP contribution in [0.4, 0.5) is 5.69 Å². The van der Waals surface area contributed by atoms with Crippen molar-refractivity contribution in [1.82, 2.24) is 4.90 Å². The van der Waals surface area contributed by atoms with Gasteiger partial charge in [0.25, 0.3) is 5.91 Å². The fourth-order valence-electron chi connectivity index (χ4n) is 5.79. The van der Waals surface area contributed by atoms with E-state index in [9.17, 15) is 24.6 Å². The normalized spacial score (nSPS) is 30.5. The van der Waals surface area contributed by atoms with Crippen molar-refractivity contribution in [3.63, 3.8) is 0 Å². The van der Waals surface area contributed by atoms with Crippen molar-refractivity contribution in [2.24, 2.45) is 11.8 Å². The van der Waals surface area contributed by atoms with Gasteiger partial charge in [0.05, 0.1) is 17.9 Å². The number of aliphatic hydroxyl groups excluding tert-OH is 1. The molecule has 8 nitrogen and oxygen atoms in total. The van der Waals surface area contributed by atoms with E-state index in [2.05, 4.69) is 6.58 Å². The van der Waals surface area contributed by atoms with E-state index < -0.39 is 35.6 Å². The minimum absolute atomic E-state index is 0.137. The summed E-state index contributed by atoms with van der Waals surface area (Å²) in [6.45, 7) is 7.94. The Balaban J connectivity index is 1.80. The van der Waals surface area contributed by atoms with Gasteiger partial charge in [0, 0.05) is 25.4 Å². The zero-order chi connectivity index (χ0) is 23.2. The van der Waals surface area contributed by atoms with Crippen LogP contribution in [0.2, 0.25) is 0 Å². The largest absolute Gasteiger partial charge is 0.481 e. The summed E-state index contributed by atoms with van der Waals surface area (Å²) in [6.07, 6.45) is 2.33. The monoisotopic (exact) mass is 442 g/mol. The Morgan fingerprint density at radius 3 is 2.78 bits per heavy atom. The zero-order valence-corrected chi connectivity index (χ0v) is 18.5. The van der Waals surface area contributed by atoms with E-state index in [0.29, 0.717) is 19.3 Å². The molecule has 8 heteroatoms. The number of benzene rings is 1. The van der Waals surface area contributed by atoms with Gasteiger partial charge in [-0.05, 0) is 50.3 Å². The second kappa shape index (κ2) is 8.33. The predicted octanol–water partition coefficient (Wildman–Crippen LogP) is 1.66. The Morgan fingerprint density at radius 2 is 2.12 bits per heavy atom. The van der Waals surface area contributed by atoms with Gasteiger partial charge in [-0.25, -0.2) is 0 Å². The highest BCUT2D eigenvalue weighted by molar-refractivity contribution is 6.05. The number of aliphatic carboxylic acids is 1. The van der Waals surface area contributed by atoms with Crippen LogP contribution in [-0.2, 0) is 19.1 Å². The molecule has 1 aromatic carbocycles. The second-order valence-corrected chi connectivity index (χ2v) is 9.03. The molecule has 2 N–H and O–H groups in total. The number of anilines is 1. The van der Waals surface area contributed by atoms with Crippen molar-refractivity contribution in [3.05, 3.63) is 42.0 Å². The fraction of sp³-hybridized carbons (Fsp3) is 0.542. The predicted molar refractivity (Wildman–Crippen MR) is 117 cm³/mol. The molecule has 32 heavy (non-hydrogen) atoms. The van der Waals surface area contributed by atoms with E-state index >= 15 is 0 Å². The number of ether oxygens (including phenoxy) is 1. The number of carboxylic acid groups (broad SMARTS) is 1. The lowest BCUT2D eigenvalue weighted by Crippen LogP contribution is -2.56. The van der Waals surface area contributed by atoms with E-state index in [1.54, 1.807) is 11.0 Å². The molecule has 3 aliphatic heterocycles. The van der Waals surface area contributed by atoms with Gasteiger partial charge >= 0.3 is 5.97 Å². The minimum atomic E-state index is -1.16. The molecule has 0 saturated carbocycles. The van der Waals surface area contributed by atoms with Gasteiger partial charge in [-0.3, -0.25) is 14.4 Å². The molecule has 4 rings (SSSR count). The van der Waals surface area contributed by atoms with Crippen molar-refractivity contribution in [2.75, 3.05) is 24.6 Å². The maximum absolute atomic E-state index is 14.1. The summed E-state index contributed by atoms with van der Waals surface area (Å²) in [6, 6.07) is 4.89. The number of amides is 2. The molecule has 1 aromatic rings. The second-order valence-electron chi connectivity index (χ2n) is 9.03. The first-order chi connectivity index (χ1) is 15.3. The summed E-state index contributed by atoms with van der Waals surface area (Å²) in [5.41, 5.74) is 1.47. The summed E-state index contributed by atoms with van der Waals surface area (Å²) in [4.78, 5) is 42.6. The van der Waals surface area contributed by atoms with E-state index in [4.69, 9.17) is 4.74 Å². The molecule has 0 radical (unpaired) electrons. The van der Waals surface area contributed by atoms with Crippen molar-refractivity contribution in [1.29, 1.82) is 0 Å². The highest BCUT2D eigenvalue weighted by atomic mass is 16.5. The number of nitrogens with zero attached hydrogens (tertiary/aromatic N) is 2. The van der Waals surface area contributed by atoms with Gasteiger partial charge in [-0.15, -0.1) is 6.58 Å². The molecule has 3 fully saturated rings. The Kier molecular flexibility index (Phi) is 5.85. The number of hydrogen-bond acceptors (Lipinski definition) is 5. The third-order valence-corrected chi connectivity index (χ3v) is 7.11. The maximum atomic E-state index is 14.1. The van der Waals surface area contributed by atoms with Crippen LogP contribution >= 0.6 is 0 Å². The lowest BCUT2D eigenvalue weighted by molar-refractivity contribution is -0.149. The summed E-state index contributed by atoms with van der Waals surface area (Å²) >= 11 is 0. The van der Waals surface area contributed by atoms with E-state index in [1.807, 2.05) is 32.0 Å². The molecule has 2 amide bonds. The highest BCUT2D eigenvalue weighted by Crippen LogP contribution is 2.58. The third kappa shape index (κ3) is 3.24. The van der Waals surface area contributed by atoms with Crippen molar-refractivity contribution < 1.29 is 29.3 Å². The van der Waals surface area contributed by atoms with Crippen LogP contribution in [0, 0.1) is 25.7 Å². The average molecular weight is 443 g/mol. The molecule has 0 aromatic heterocycles. The van der Waals surface area contributed by atoms with Crippen molar-refractivity contribution in [3.8, 4) is 0 Å². The fourth-order valence-corrected chi connectivity index (χ4v) is 5.79. The maximum Gasteiger partial charge on any atom is 0.310 e. The number of rotatable bonds is 8. The molecule has 2 unspecified atom stereocenters. The third-order valence-electron chi connectivity index (χ3n) is 7.11. The van der Waals surface area contributed by atoms with E-state index in [-0.39, 0.29) is 31.5 Å². The molecule has 3 heterocycles. The first-order valence-corrected chi connectivity index (χ1v) is 11.1. The van der Waals surface area contributed by atoms with Crippen LogP contribution < -0.4 is 4.90 Å². The number of likely N-dealkylation sites (tertiary alicyclic amines) is 1. The van der Waals surface area contributed by atoms with Gasteiger partial charge < -0.3 is 24.7 Å². The van der Waals surface area contributed by atoms with Crippen molar-refractivity contribution in [2.45, 2.75) is 50.9 Å².